The van der Waals surface area contributed by atoms with Crippen LogP contribution in [0.1, 0.15) is 39.2 Å². The van der Waals surface area contributed by atoms with Crippen LogP contribution >= 0.6 is 0 Å². The number of rotatable bonds is 3. The van der Waals surface area contributed by atoms with Gasteiger partial charge in [0.25, 0.3) is 0 Å². The summed E-state index contributed by atoms with van der Waals surface area (Å²) in [5, 5.41) is 2.98. The van der Waals surface area contributed by atoms with Crippen LogP contribution in [0.3, 0.4) is 0 Å². The van der Waals surface area contributed by atoms with Crippen LogP contribution in [-0.2, 0) is 16.1 Å². The lowest BCUT2D eigenvalue weighted by atomic mass is 10.2. The van der Waals surface area contributed by atoms with Crippen molar-refractivity contribution < 1.29 is 19.1 Å². The molecule has 1 aliphatic heterocycles. The van der Waals surface area contributed by atoms with Crippen LogP contribution in [0.5, 0.6) is 0 Å². The number of ether oxygens (including phenoxy) is 2. The van der Waals surface area contributed by atoms with Gasteiger partial charge in [-0.2, -0.15) is 0 Å². The quantitative estimate of drug-likeness (QED) is 0.895. The molecule has 26 heavy (non-hydrogen) atoms. The van der Waals surface area contributed by atoms with Crippen molar-refractivity contribution in [2.75, 3.05) is 13.1 Å². The van der Waals surface area contributed by atoms with Crippen LogP contribution < -0.4 is 5.32 Å². The second-order valence-electron chi connectivity index (χ2n) is 8.10. The molecule has 0 unspecified atom stereocenters. The van der Waals surface area contributed by atoms with E-state index in [-0.39, 0.29) is 18.2 Å². The first kappa shape index (κ1) is 18.5. The number of benzene rings is 1. The van der Waals surface area contributed by atoms with Gasteiger partial charge in [-0.3, -0.25) is 0 Å². The lowest BCUT2D eigenvalue weighted by Gasteiger charge is -2.22. The molecular formula is C20H28N2O4. The van der Waals surface area contributed by atoms with Crippen molar-refractivity contribution in [1.29, 1.82) is 0 Å². The van der Waals surface area contributed by atoms with Crippen molar-refractivity contribution >= 4 is 12.2 Å². The molecule has 6 heteroatoms. The number of alkyl carbamates (subject to hydrolysis) is 1. The van der Waals surface area contributed by atoms with Crippen molar-refractivity contribution in [1.82, 2.24) is 10.2 Å². The van der Waals surface area contributed by atoms with Crippen molar-refractivity contribution in [3.05, 3.63) is 35.9 Å². The normalized spacial score (nSPS) is 24.9. The first-order valence-corrected chi connectivity index (χ1v) is 9.28. The number of hydrogen-bond donors (Lipinski definition) is 1. The van der Waals surface area contributed by atoms with Gasteiger partial charge in [0.05, 0.1) is 0 Å². The Bertz CT molecular complexity index is 627. The molecule has 1 aliphatic carbocycles. The molecule has 0 bridgehead atoms. The summed E-state index contributed by atoms with van der Waals surface area (Å²) in [5.74, 6) is 0.851. The molecule has 1 heterocycles. The van der Waals surface area contributed by atoms with Crippen LogP contribution in [0.2, 0.25) is 0 Å². The van der Waals surface area contributed by atoms with Gasteiger partial charge in [0.2, 0.25) is 0 Å². The van der Waals surface area contributed by atoms with Crippen LogP contribution in [0, 0.1) is 11.8 Å². The van der Waals surface area contributed by atoms with Crippen LogP contribution in [0.4, 0.5) is 9.59 Å². The molecule has 142 valence electrons. The average molecular weight is 360 g/mol. The zero-order chi connectivity index (χ0) is 18.7. The lowest BCUT2D eigenvalue weighted by molar-refractivity contribution is 0.0515. The Morgan fingerprint density at radius 1 is 1.12 bits per heavy atom. The van der Waals surface area contributed by atoms with Gasteiger partial charge in [-0.05, 0) is 51.0 Å². The average Bonchev–Trinajstić information content (AvgIpc) is 3.27. The fourth-order valence-electron chi connectivity index (χ4n) is 3.60. The Morgan fingerprint density at radius 3 is 2.31 bits per heavy atom. The summed E-state index contributed by atoms with van der Waals surface area (Å²) in [6.45, 7) is 7.21. The first-order chi connectivity index (χ1) is 12.3. The highest BCUT2D eigenvalue weighted by atomic mass is 16.6. The number of nitrogens with one attached hydrogen (secondary N) is 1. The van der Waals surface area contributed by atoms with Gasteiger partial charge in [0, 0.05) is 19.1 Å². The maximum Gasteiger partial charge on any atom is 0.410 e. The number of fused-ring (bicyclic) bond motifs is 1. The van der Waals surface area contributed by atoms with E-state index in [0.29, 0.717) is 31.5 Å². The molecule has 0 spiro atoms. The van der Waals surface area contributed by atoms with Gasteiger partial charge in [0.1, 0.15) is 12.2 Å². The number of carbonyl (C=O) groups excluding carboxylic acids is 2. The summed E-state index contributed by atoms with van der Waals surface area (Å²) in [5.41, 5.74) is 0.500. The minimum atomic E-state index is -0.486. The van der Waals surface area contributed by atoms with E-state index in [1.54, 1.807) is 4.90 Å². The molecule has 1 aromatic carbocycles. The van der Waals surface area contributed by atoms with Crippen LogP contribution in [0.25, 0.3) is 0 Å². The summed E-state index contributed by atoms with van der Waals surface area (Å²) >= 11 is 0. The van der Waals surface area contributed by atoms with Gasteiger partial charge in [-0.15, -0.1) is 0 Å². The molecule has 2 amide bonds. The van der Waals surface area contributed by atoms with Gasteiger partial charge in [0.15, 0.2) is 0 Å². The van der Waals surface area contributed by atoms with E-state index in [1.807, 2.05) is 51.1 Å². The van der Waals surface area contributed by atoms with Crippen molar-refractivity contribution in [2.45, 2.75) is 51.9 Å². The van der Waals surface area contributed by atoms with Crippen molar-refractivity contribution in [3.63, 3.8) is 0 Å². The van der Waals surface area contributed by atoms with Gasteiger partial charge in [-0.1, -0.05) is 30.3 Å². The fraction of sp³-hybridized carbons (Fsp3) is 0.600. The van der Waals surface area contributed by atoms with E-state index >= 15 is 0 Å². The van der Waals surface area contributed by atoms with E-state index in [9.17, 15) is 9.59 Å². The third-order valence-corrected chi connectivity index (χ3v) is 4.94. The molecule has 1 saturated heterocycles. The molecular weight excluding hydrogens is 332 g/mol. The maximum absolute atomic E-state index is 12.3. The zero-order valence-electron chi connectivity index (χ0n) is 15.7. The third kappa shape index (κ3) is 4.90. The minimum Gasteiger partial charge on any atom is -0.445 e. The highest BCUT2D eigenvalue weighted by Crippen LogP contribution is 2.46. The summed E-state index contributed by atoms with van der Waals surface area (Å²) in [6, 6.07) is 9.86. The topological polar surface area (TPSA) is 67.9 Å². The van der Waals surface area contributed by atoms with Gasteiger partial charge >= 0.3 is 12.2 Å². The Balaban J connectivity index is 1.41. The third-order valence-electron chi connectivity index (χ3n) is 4.94. The number of nitrogens with zero attached hydrogens (tertiary/aromatic N) is 1. The van der Waals surface area contributed by atoms with E-state index in [4.69, 9.17) is 9.47 Å². The van der Waals surface area contributed by atoms with E-state index in [1.165, 1.54) is 0 Å². The Morgan fingerprint density at radius 2 is 1.73 bits per heavy atom. The van der Waals surface area contributed by atoms with E-state index in [2.05, 4.69) is 5.32 Å². The number of amides is 2. The second-order valence-corrected chi connectivity index (χ2v) is 8.10. The molecule has 0 radical (unpaired) electrons. The summed E-state index contributed by atoms with van der Waals surface area (Å²) in [7, 11) is 0. The smallest absolute Gasteiger partial charge is 0.410 e. The Labute approximate surface area is 154 Å². The number of hydrogen-bond acceptors (Lipinski definition) is 4. The summed E-state index contributed by atoms with van der Waals surface area (Å²) in [4.78, 5) is 26.0. The predicted octanol–water partition coefficient (Wildman–Crippen LogP) is 3.56. The number of carbonyl (C=O) groups is 2. The second kappa shape index (κ2) is 7.56. The predicted molar refractivity (Wildman–Crippen MR) is 97.6 cm³/mol. The zero-order valence-corrected chi connectivity index (χ0v) is 15.7. The van der Waals surface area contributed by atoms with Gasteiger partial charge < -0.3 is 19.7 Å². The monoisotopic (exact) mass is 360 g/mol. The van der Waals surface area contributed by atoms with Crippen molar-refractivity contribution in [3.8, 4) is 0 Å². The highest BCUT2D eigenvalue weighted by Gasteiger charge is 2.52. The van der Waals surface area contributed by atoms with Crippen LogP contribution in [-0.4, -0.2) is 41.8 Å². The highest BCUT2D eigenvalue weighted by molar-refractivity contribution is 5.69. The molecule has 6 nitrogen and oxygen atoms in total. The number of likely N-dealkylation sites (tertiary alicyclic amines) is 1. The van der Waals surface area contributed by atoms with Gasteiger partial charge in [-0.25, -0.2) is 9.59 Å². The molecule has 3 rings (SSSR count). The Kier molecular flexibility index (Phi) is 5.39. The molecule has 3 atom stereocenters. The summed E-state index contributed by atoms with van der Waals surface area (Å²) in [6.07, 6.45) is 1.15. The molecule has 2 fully saturated rings. The van der Waals surface area contributed by atoms with E-state index in [0.717, 1.165) is 18.4 Å². The molecule has 0 aromatic heterocycles. The van der Waals surface area contributed by atoms with Crippen molar-refractivity contribution in [2.24, 2.45) is 11.8 Å². The molecule has 1 saturated carbocycles. The Hall–Kier alpha value is -2.24. The largest absolute Gasteiger partial charge is 0.445 e. The fourth-order valence-corrected chi connectivity index (χ4v) is 3.60. The molecule has 2 aliphatic rings. The first-order valence-electron chi connectivity index (χ1n) is 9.28. The minimum absolute atomic E-state index is 0.173. The standard InChI is InChI=1S/C20H28N2O4/c1-20(2,3)26-18(23)21-17-15-9-11-22(12-10-16(15)17)19(24)25-13-14-7-5-4-6-8-14/h4-8,15-17H,9-13H2,1-3H3,(H,21,23)/t15-,16+,17-. The van der Waals surface area contributed by atoms with E-state index < -0.39 is 5.60 Å². The lowest BCUT2D eigenvalue weighted by Crippen LogP contribution is -2.37. The maximum atomic E-state index is 12.3. The molecule has 1 aromatic rings. The molecule has 1 N–H and O–H groups in total. The van der Waals surface area contributed by atoms with Crippen LogP contribution in [0.15, 0.2) is 30.3 Å². The summed E-state index contributed by atoms with van der Waals surface area (Å²) < 4.78 is 10.7. The SMILES string of the molecule is CC(C)(C)OC(=O)N[C@@H]1[C@@H]2CCN(C(=O)OCc3ccccc3)CC[C@@H]21.